The molecule has 0 spiro atoms. The minimum atomic E-state index is 0.548. The van der Waals surface area contributed by atoms with Crippen molar-refractivity contribution in [2.75, 3.05) is 5.32 Å². The van der Waals surface area contributed by atoms with Gasteiger partial charge in [0.15, 0.2) is 11.5 Å². The summed E-state index contributed by atoms with van der Waals surface area (Å²) >= 11 is 0. The number of fused-ring (bicyclic) bond motifs is 1. The Morgan fingerprint density at radius 2 is 2.15 bits per heavy atom. The third kappa shape index (κ3) is 2.25. The van der Waals surface area contributed by atoms with Crippen LogP contribution in [-0.2, 0) is 6.54 Å². The fourth-order valence-electron chi connectivity index (χ4n) is 2.26. The number of anilines is 1. The van der Waals surface area contributed by atoms with Gasteiger partial charge in [0, 0.05) is 17.8 Å². The molecule has 3 aromatic rings. The van der Waals surface area contributed by atoms with Crippen LogP contribution in [0.15, 0.2) is 47.0 Å². The zero-order valence-electron chi connectivity index (χ0n) is 11.0. The molecule has 2 heterocycles. The van der Waals surface area contributed by atoms with E-state index in [9.17, 15) is 0 Å². The van der Waals surface area contributed by atoms with Crippen LogP contribution in [0.3, 0.4) is 0 Å². The molecule has 0 aliphatic heterocycles. The van der Waals surface area contributed by atoms with E-state index < -0.39 is 0 Å². The molecule has 4 heteroatoms. The summed E-state index contributed by atoms with van der Waals surface area (Å²) in [5.41, 5.74) is 3.86. The lowest BCUT2D eigenvalue weighted by Crippen LogP contribution is -2.00. The molecule has 100 valence electrons. The fourth-order valence-corrected chi connectivity index (χ4v) is 2.26. The molecule has 2 aromatic heterocycles. The first-order valence-electron chi connectivity index (χ1n) is 6.93. The Morgan fingerprint density at radius 1 is 1.20 bits per heavy atom. The second kappa shape index (κ2) is 4.63. The van der Waals surface area contributed by atoms with Gasteiger partial charge in [-0.25, -0.2) is 4.98 Å². The zero-order valence-corrected chi connectivity index (χ0v) is 11.0. The highest BCUT2D eigenvalue weighted by atomic mass is 16.3. The Kier molecular flexibility index (Phi) is 2.66. The molecule has 0 atom stereocenters. The predicted octanol–water partition coefficient (Wildman–Crippen LogP) is 3.71. The average Bonchev–Trinajstić information content (AvgIpc) is 3.26. The van der Waals surface area contributed by atoms with Gasteiger partial charge in [-0.3, -0.25) is 4.98 Å². The van der Waals surface area contributed by atoms with Crippen LogP contribution in [0, 0.1) is 0 Å². The van der Waals surface area contributed by atoms with Crippen LogP contribution in [0.2, 0.25) is 0 Å². The first kappa shape index (κ1) is 11.5. The molecule has 20 heavy (non-hydrogen) atoms. The highest BCUT2D eigenvalue weighted by molar-refractivity contribution is 5.77. The lowest BCUT2D eigenvalue weighted by atomic mass is 10.2. The van der Waals surface area contributed by atoms with Crippen LogP contribution >= 0.6 is 0 Å². The Morgan fingerprint density at radius 3 is 2.95 bits per heavy atom. The predicted molar refractivity (Wildman–Crippen MR) is 77.5 cm³/mol. The molecule has 0 amide bonds. The van der Waals surface area contributed by atoms with E-state index in [2.05, 4.69) is 15.3 Å². The van der Waals surface area contributed by atoms with E-state index in [4.69, 9.17) is 4.42 Å². The second-order valence-corrected chi connectivity index (χ2v) is 5.18. The highest BCUT2D eigenvalue weighted by Crippen LogP contribution is 2.40. The summed E-state index contributed by atoms with van der Waals surface area (Å²) in [6.07, 6.45) is 4.22. The molecule has 1 aliphatic rings. The lowest BCUT2D eigenvalue weighted by Gasteiger charge is -2.05. The van der Waals surface area contributed by atoms with Crippen molar-refractivity contribution in [2.24, 2.45) is 0 Å². The van der Waals surface area contributed by atoms with Gasteiger partial charge in [0.25, 0.3) is 0 Å². The van der Waals surface area contributed by atoms with Gasteiger partial charge >= 0.3 is 0 Å². The summed E-state index contributed by atoms with van der Waals surface area (Å²) in [6, 6.07) is 12.0. The van der Waals surface area contributed by atoms with Crippen molar-refractivity contribution in [3.8, 4) is 0 Å². The van der Waals surface area contributed by atoms with Crippen molar-refractivity contribution < 1.29 is 4.42 Å². The van der Waals surface area contributed by atoms with Gasteiger partial charge in [0.05, 0.1) is 12.2 Å². The molecule has 1 aliphatic carbocycles. The second-order valence-electron chi connectivity index (χ2n) is 5.18. The van der Waals surface area contributed by atoms with Crippen molar-refractivity contribution in [3.63, 3.8) is 0 Å². The molecule has 1 aromatic carbocycles. The molecular formula is C16H15N3O. The number of pyridine rings is 1. The van der Waals surface area contributed by atoms with Crippen molar-refractivity contribution in [2.45, 2.75) is 25.3 Å². The van der Waals surface area contributed by atoms with E-state index in [1.54, 1.807) is 6.20 Å². The van der Waals surface area contributed by atoms with Crippen molar-refractivity contribution in [1.29, 1.82) is 0 Å². The van der Waals surface area contributed by atoms with Gasteiger partial charge in [-0.2, -0.15) is 0 Å². The third-order valence-electron chi connectivity index (χ3n) is 3.53. The minimum Gasteiger partial charge on any atom is -0.440 e. The maximum Gasteiger partial charge on any atom is 0.198 e. The summed E-state index contributed by atoms with van der Waals surface area (Å²) < 4.78 is 5.76. The number of hydrogen-bond acceptors (Lipinski definition) is 4. The van der Waals surface area contributed by atoms with Gasteiger partial charge in [0.2, 0.25) is 0 Å². The largest absolute Gasteiger partial charge is 0.440 e. The van der Waals surface area contributed by atoms with Crippen molar-refractivity contribution >= 4 is 16.8 Å². The monoisotopic (exact) mass is 265 g/mol. The molecule has 1 fully saturated rings. The van der Waals surface area contributed by atoms with Crippen LogP contribution in [0.1, 0.15) is 30.3 Å². The fraction of sp³-hybridized carbons (Fsp3) is 0.250. The normalized spacial score (nSPS) is 14.6. The zero-order chi connectivity index (χ0) is 13.4. The van der Waals surface area contributed by atoms with E-state index in [0.717, 1.165) is 28.4 Å². The number of aromatic nitrogens is 2. The molecule has 0 bridgehead atoms. The molecule has 4 rings (SSSR count). The maximum absolute atomic E-state index is 5.76. The Bertz CT molecular complexity index is 732. The molecular weight excluding hydrogens is 250 g/mol. The van der Waals surface area contributed by atoms with Gasteiger partial charge in [-0.05, 0) is 43.2 Å². The Labute approximate surface area is 116 Å². The van der Waals surface area contributed by atoms with Gasteiger partial charge in [-0.1, -0.05) is 6.07 Å². The number of nitrogens with zero attached hydrogens (tertiary/aromatic N) is 2. The number of hydrogen-bond donors (Lipinski definition) is 1. The first-order valence-corrected chi connectivity index (χ1v) is 6.93. The van der Waals surface area contributed by atoms with E-state index in [0.29, 0.717) is 12.5 Å². The topological polar surface area (TPSA) is 51.0 Å². The molecule has 0 saturated heterocycles. The van der Waals surface area contributed by atoms with Crippen LogP contribution in [0.25, 0.3) is 11.1 Å². The summed E-state index contributed by atoms with van der Waals surface area (Å²) in [4.78, 5) is 8.86. The number of benzene rings is 1. The van der Waals surface area contributed by atoms with Gasteiger partial charge in [0.1, 0.15) is 5.52 Å². The average molecular weight is 265 g/mol. The Balaban J connectivity index is 1.54. The summed E-state index contributed by atoms with van der Waals surface area (Å²) in [6.45, 7) is 0.708. The number of rotatable bonds is 4. The maximum atomic E-state index is 5.76. The molecule has 1 N–H and O–H groups in total. The van der Waals surface area contributed by atoms with Crippen LogP contribution in [0.4, 0.5) is 5.69 Å². The number of oxazole rings is 1. The standard InChI is InChI=1S/C16H15N3O/c1-2-8-17-13(3-1)10-18-12-6-7-15-14(9-12)19-16(20-15)11-4-5-11/h1-3,6-9,11,18H,4-5,10H2. The van der Waals surface area contributed by atoms with E-state index in [1.165, 1.54) is 12.8 Å². The van der Waals surface area contributed by atoms with Gasteiger partial charge < -0.3 is 9.73 Å². The quantitative estimate of drug-likeness (QED) is 0.781. The molecule has 0 unspecified atom stereocenters. The van der Waals surface area contributed by atoms with E-state index >= 15 is 0 Å². The summed E-state index contributed by atoms with van der Waals surface area (Å²) in [5.74, 6) is 1.44. The van der Waals surface area contributed by atoms with Crippen molar-refractivity contribution in [1.82, 2.24) is 9.97 Å². The molecule has 4 nitrogen and oxygen atoms in total. The number of nitrogens with one attached hydrogen (secondary N) is 1. The van der Waals surface area contributed by atoms with Crippen LogP contribution in [-0.4, -0.2) is 9.97 Å². The van der Waals surface area contributed by atoms with Crippen LogP contribution < -0.4 is 5.32 Å². The Hall–Kier alpha value is -2.36. The van der Waals surface area contributed by atoms with E-state index in [1.807, 2.05) is 36.4 Å². The molecule has 0 radical (unpaired) electrons. The lowest BCUT2D eigenvalue weighted by molar-refractivity contribution is 0.533. The van der Waals surface area contributed by atoms with Gasteiger partial charge in [-0.15, -0.1) is 0 Å². The molecule has 1 saturated carbocycles. The minimum absolute atomic E-state index is 0.548. The summed E-state index contributed by atoms with van der Waals surface area (Å²) in [5, 5.41) is 3.36. The van der Waals surface area contributed by atoms with E-state index in [-0.39, 0.29) is 0 Å². The first-order chi connectivity index (χ1) is 9.88. The van der Waals surface area contributed by atoms with Crippen molar-refractivity contribution in [3.05, 3.63) is 54.2 Å². The highest BCUT2D eigenvalue weighted by Gasteiger charge is 2.28. The van der Waals surface area contributed by atoms with Crippen LogP contribution in [0.5, 0.6) is 0 Å². The SMILES string of the molecule is c1ccc(CNc2ccc3oc(C4CC4)nc3c2)nc1. The summed E-state index contributed by atoms with van der Waals surface area (Å²) in [7, 11) is 0. The smallest absolute Gasteiger partial charge is 0.198 e. The third-order valence-corrected chi connectivity index (χ3v) is 3.53.